The van der Waals surface area contributed by atoms with Crippen molar-refractivity contribution in [3.63, 3.8) is 0 Å². The van der Waals surface area contributed by atoms with Crippen LogP contribution in [0.4, 0.5) is 5.82 Å². The zero-order valence-corrected chi connectivity index (χ0v) is 16.7. The number of carbonyl (C=O) groups excluding carboxylic acids is 1. The maximum Gasteiger partial charge on any atom is 0.260 e. The van der Waals surface area contributed by atoms with Crippen LogP contribution >= 0.6 is 22.9 Å². The van der Waals surface area contributed by atoms with Crippen molar-refractivity contribution in [1.29, 1.82) is 0 Å². The molecule has 1 amide bonds. The lowest BCUT2D eigenvalue weighted by atomic mass is 10.3. The first kappa shape index (κ1) is 18.7. The van der Waals surface area contributed by atoms with Gasteiger partial charge in [0.1, 0.15) is 11.4 Å². The number of halogens is 1. The van der Waals surface area contributed by atoms with E-state index in [4.69, 9.17) is 16.3 Å². The molecule has 28 heavy (non-hydrogen) atoms. The molecule has 1 saturated heterocycles. The molecule has 144 valence electrons. The summed E-state index contributed by atoms with van der Waals surface area (Å²) in [6.45, 7) is 2.66. The summed E-state index contributed by atoms with van der Waals surface area (Å²) in [5.74, 6) is 1.32. The van der Waals surface area contributed by atoms with Gasteiger partial charge >= 0.3 is 0 Å². The van der Waals surface area contributed by atoms with E-state index in [2.05, 4.69) is 15.1 Å². The van der Waals surface area contributed by atoms with Gasteiger partial charge in [0.05, 0.1) is 9.90 Å². The Kier molecular flexibility index (Phi) is 5.73. The molecule has 4 rings (SSSR count). The van der Waals surface area contributed by atoms with Gasteiger partial charge in [0.2, 0.25) is 0 Å². The molecule has 8 heteroatoms. The SMILES string of the molecule is O=C(COc1ccccc1Cl)N1CCN(c2ccc(-c3cccs3)nn2)CC1. The quantitative estimate of drug-likeness (QED) is 0.638. The minimum absolute atomic E-state index is 0.0148. The molecule has 0 radical (unpaired) electrons. The zero-order valence-electron chi connectivity index (χ0n) is 15.1. The van der Waals surface area contributed by atoms with Crippen LogP contribution in [0.2, 0.25) is 5.02 Å². The maximum atomic E-state index is 12.4. The molecule has 3 aromatic rings. The summed E-state index contributed by atoms with van der Waals surface area (Å²) >= 11 is 7.70. The van der Waals surface area contributed by atoms with Crippen LogP contribution in [0.3, 0.4) is 0 Å². The lowest BCUT2D eigenvalue weighted by Crippen LogP contribution is -2.50. The first-order valence-corrected chi connectivity index (χ1v) is 10.2. The van der Waals surface area contributed by atoms with Crippen molar-refractivity contribution in [2.45, 2.75) is 0 Å². The summed E-state index contributed by atoms with van der Waals surface area (Å²) in [5.41, 5.74) is 0.879. The van der Waals surface area contributed by atoms with Gasteiger partial charge < -0.3 is 14.5 Å². The second kappa shape index (κ2) is 8.58. The van der Waals surface area contributed by atoms with E-state index in [0.717, 1.165) is 16.4 Å². The van der Waals surface area contributed by atoms with Crippen molar-refractivity contribution in [1.82, 2.24) is 15.1 Å². The largest absolute Gasteiger partial charge is 0.482 e. The Morgan fingerprint density at radius 3 is 2.54 bits per heavy atom. The summed E-state index contributed by atoms with van der Waals surface area (Å²) in [5, 5.41) is 11.2. The molecule has 1 aromatic carbocycles. The van der Waals surface area contributed by atoms with Crippen LogP contribution in [0.15, 0.2) is 53.9 Å². The Hall–Kier alpha value is -2.64. The molecule has 0 N–H and O–H groups in total. The summed E-state index contributed by atoms with van der Waals surface area (Å²) in [4.78, 5) is 17.5. The van der Waals surface area contributed by atoms with Gasteiger partial charge in [-0.15, -0.1) is 21.5 Å². The van der Waals surface area contributed by atoms with Crippen molar-refractivity contribution in [3.05, 3.63) is 58.9 Å². The second-order valence-corrected chi connectivity index (χ2v) is 7.70. The molecule has 0 bridgehead atoms. The highest BCUT2D eigenvalue weighted by molar-refractivity contribution is 7.13. The first-order valence-electron chi connectivity index (χ1n) is 8.98. The third kappa shape index (κ3) is 4.26. The average Bonchev–Trinajstić information content (AvgIpc) is 3.28. The van der Waals surface area contributed by atoms with Crippen molar-refractivity contribution in [2.75, 3.05) is 37.7 Å². The third-order valence-corrected chi connectivity index (χ3v) is 5.77. The van der Waals surface area contributed by atoms with E-state index in [1.807, 2.05) is 41.8 Å². The van der Waals surface area contributed by atoms with Crippen molar-refractivity contribution < 1.29 is 9.53 Å². The van der Waals surface area contributed by atoms with Gasteiger partial charge in [-0.3, -0.25) is 4.79 Å². The van der Waals surface area contributed by atoms with Gasteiger partial charge in [0.15, 0.2) is 12.4 Å². The van der Waals surface area contributed by atoms with Crippen molar-refractivity contribution >= 4 is 34.7 Å². The number of amides is 1. The monoisotopic (exact) mass is 414 g/mol. The highest BCUT2D eigenvalue weighted by Gasteiger charge is 2.22. The molecule has 6 nitrogen and oxygen atoms in total. The number of aromatic nitrogens is 2. The Balaban J connectivity index is 1.29. The number of rotatable bonds is 5. The fourth-order valence-electron chi connectivity index (χ4n) is 3.03. The van der Waals surface area contributed by atoms with E-state index in [1.165, 1.54) is 0 Å². The molecular weight excluding hydrogens is 396 g/mol. The van der Waals surface area contributed by atoms with Gasteiger partial charge in [-0.1, -0.05) is 29.8 Å². The summed E-state index contributed by atoms with van der Waals surface area (Å²) < 4.78 is 5.55. The lowest BCUT2D eigenvalue weighted by Gasteiger charge is -2.35. The van der Waals surface area contributed by atoms with Crippen LogP contribution in [-0.2, 0) is 4.79 Å². The number of ether oxygens (including phenoxy) is 1. The number of benzene rings is 1. The Labute approximate surface area is 172 Å². The van der Waals surface area contributed by atoms with E-state index >= 15 is 0 Å². The predicted molar refractivity (Wildman–Crippen MR) is 111 cm³/mol. The topological polar surface area (TPSA) is 58.6 Å². The van der Waals surface area contributed by atoms with E-state index in [9.17, 15) is 4.79 Å². The Morgan fingerprint density at radius 2 is 1.86 bits per heavy atom. The number of anilines is 1. The van der Waals surface area contributed by atoms with Gasteiger partial charge in [-0.05, 0) is 35.7 Å². The number of nitrogens with zero attached hydrogens (tertiary/aromatic N) is 4. The van der Waals surface area contributed by atoms with Crippen LogP contribution < -0.4 is 9.64 Å². The predicted octanol–water partition coefficient (Wildman–Crippen LogP) is 3.59. The molecule has 1 fully saturated rings. The van der Waals surface area contributed by atoms with E-state index in [1.54, 1.807) is 28.4 Å². The van der Waals surface area contributed by atoms with Crippen LogP contribution in [0.5, 0.6) is 5.75 Å². The number of thiophene rings is 1. The standard InChI is InChI=1S/C20H19ClN4O2S/c21-15-4-1-2-5-17(15)27-14-20(26)25-11-9-24(10-12-25)19-8-7-16(22-23-19)18-6-3-13-28-18/h1-8,13H,9-12,14H2. The van der Waals surface area contributed by atoms with E-state index < -0.39 is 0 Å². The molecule has 3 heterocycles. The van der Waals surface area contributed by atoms with Gasteiger partial charge in [0.25, 0.3) is 5.91 Å². The molecule has 0 unspecified atom stereocenters. The number of hydrogen-bond acceptors (Lipinski definition) is 6. The van der Waals surface area contributed by atoms with Gasteiger partial charge in [-0.2, -0.15) is 0 Å². The lowest BCUT2D eigenvalue weighted by molar-refractivity contribution is -0.133. The maximum absolute atomic E-state index is 12.4. The fourth-order valence-corrected chi connectivity index (χ4v) is 3.91. The number of para-hydroxylation sites is 1. The van der Waals surface area contributed by atoms with Crippen LogP contribution in [0, 0.1) is 0 Å². The minimum Gasteiger partial charge on any atom is -0.482 e. The Bertz CT molecular complexity index is 926. The molecule has 1 aliphatic rings. The highest BCUT2D eigenvalue weighted by atomic mass is 35.5. The first-order chi connectivity index (χ1) is 13.7. The number of carbonyl (C=O) groups is 1. The minimum atomic E-state index is -0.0429. The smallest absolute Gasteiger partial charge is 0.260 e. The van der Waals surface area contributed by atoms with Crippen LogP contribution in [0.25, 0.3) is 10.6 Å². The molecule has 0 atom stereocenters. The van der Waals surface area contributed by atoms with Gasteiger partial charge in [0, 0.05) is 26.2 Å². The summed E-state index contributed by atoms with van der Waals surface area (Å²) in [6, 6.07) is 15.2. The average molecular weight is 415 g/mol. The molecule has 2 aromatic heterocycles. The molecule has 1 aliphatic heterocycles. The zero-order chi connectivity index (χ0) is 19.3. The summed E-state index contributed by atoms with van der Waals surface area (Å²) in [7, 11) is 0. The second-order valence-electron chi connectivity index (χ2n) is 6.34. The molecule has 0 aliphatic carbocycles. The van der Waals surface area contributed by atoms with Crippen molar-refractivity contribution in [2.24, 2.45) is 0 Å². The molecule has 0 saturated carbocycles. The summed E-state index contributed by atoms with van der Waals surface area (Å²) in [6.07, 6.45) is 0. The molecule has 0 spiro atoms. The van der Waals surface area contributed by atoms with Gasteiger partial charge in [-0.25, -0.2) is 0 Å². The molecular formula is C20H19ClN4O2S. The normalized spacial score (nSPS) is 14.2. The number of piperazine rings is 1. The Morgan fingerprint density at radius 1 is 1.04 bits per heavy atom. The van der Waals surface area contributed by atoms with Crippen LogP contribution in [-0.4, -0.2) is 53.8 Å². The third-order valence-electron chi connectivity index (χ3n) is 4.57. The number of hydrogen-bond donors (Lipinski definition) is 0. The van der Waals surface area contributed by atoms with E-state index in [-0.39, 0.29) is 12.5 Å². The van der Waals surface area contributed by atoms with Crippen LogP contribution in [0.1, 0.15) is 0 Å². The van der Waals surface area contributed by atoms with Crippen molar-refractivity contribution in [3.8, 4) is 16.3 Å². The fraction of sp³-hybridized carbons (Fsp3) is 0.250. The highest BCUT2D eigenvalue weighted by Crippen LogP contribution is 2.24. The van der Waals surface area contributed by atoms with E-state index in [0.29, 0.717) is 37.0 Å².